The largest absolute Gasteiger partial charge is 0.497 e. The summed E-state index contributed by atoms with van der Waals surface area (Å²) in [6, 6.07) is 8.56. The molecular weight excluding hydrogens is 541 g/mol. The molecule has 12 heteroatoms. The van der Waals surface area contributed by atoms with E-state index >= 15 is 0 Å². The van der Waals surface area contributed by atoms with Crippen molar-refractivity contribution in [2.75, 3.05) is 37.9 Å². The van der Waals surface area contributed by atoms with Crippen LogP contribution in [0.2, 0.25) is 10.0 Å². The molecule has 0 fully saturated rings. The van der Waals surface area contributed by atoms with Gasteiger partial charge in [-0.25, -0.2) is 8.42 Å². The number of methoxy groups -OCH3 is 2. The smallest absolute Gasteiger partial charge is 0.244 e. The molecule has 2 aromatic carbocycles. The zero-order chi connectivity index (χ0) is 27.8. The molecule has 0 aliphatic heterocycles. The van der Waals surface area contributed by atoms with E-state index in [1.54, 1.807) is 31.2 Å². The minimum Gasteiger partial charge on any atom is -0.497 e. The first kappa shape index (κ1) is 30.5. The van der Waals surface area contributed by atoms with Crippen molar-refractivity contribution in [3.8, 4) is 11.5 Å². The number of nitrogens with one attached hydrogen (secondary N) is 1. The average Bonchev–Trinajstić information content (AvgIpc) is 2.85. The second kappa shape index (κ2) is 13.7. The molecule has 9 nitrogen and oxygen atoms in total. The van der Waals surface area contributed by atoms with E-state index in [0.29, 0.717) is 27.9 Å². The minimum atomic E-state index is -3.94. The number of benzene rings is 2. The number of unbranched alkanes of at least 4 members (excludes halogenated alkanes) is 1. The summed E-state index contributed by atoms with van der Waals surface area (Å²) in [5.41, 5.74) is 0.593. The predicted molar refractivity (Wildman–Crippen MR) is 146 cm³/mol. The minimum absolute atomic E-state index is 0.100. The summed E-state index contributed by atoms with van der Waals surface area (Å²) < 4.78 is 37.1. The van der Waals surface area contributed by atoms with Gasteiger partial charge in [0.1, 0.15) is 24.1 Å². The summed E-state index contributed by atoms with van der Waals surface area (Å²) in [6.07, 6.45) is 2.65. The van der Waals surface area contributed by atoms with Gasteiger partial charge in [0.25, 0.3) is 0 Å². The molecule has 1 N–H and O–H groups in total. The lowest BCUT2D eigenvalue weighted by atomic mass is 10.1. The van der Waals surface area contributed by atoms with Gasteiger partial charge in [0.2, 0.25) is 21.8 Å². The monoisotopic (exact) mass is 573 g/mol. The molecule has 0 aliphatic rings. The first-order valence-corrected chi connectivity index (χ1v) is 14.2. The average molecular weight is 575 g/mol. The summed E-state index contributed by atoms with van der Waals surface area (Å²) >= 11 is 12.7. The lowest BCUT2D eigenvalue weighted by molar-refractivity contribution is -0.139. The highest BCUT2D eigenvalue weighted by atomic mass is 35.5. The van der Waals surface area contributed by atoms with Crippen LogP contribution in [0.5, 0.6) is 11.5 Å². The Morgan fingerprint density at radius 3 is 2.27 bits per heavy atom. The van der Waals surface area contributed by atoms with Gasteiger partial charge in [0, 0.05) is 34.8 Å². The predicted octanol–water partition coefficient (Wildman–Crippen LogP) is 4.11. The van der Waals surface area contributed by atoms with Gasteiger partial charge in [-0.3, -0.25) is 13.9 Å². The highest BCUT2D eigenvalue weighted by Crippen LogP contribution is 2.34. The van der Waals surface area contributed by atoms with Crippen molar-refractivity contribution < 1.29 is 27.5 Å². The number of anilines is 1. The maximum absolute atomic E-state index is 13.7. The fourth-order valence-electron chi connectivity index (χ4n) is 3.56. The van der Waals surface area contributed by atoms with Crippen molar-refractivity contribution in [2.24, 2.45) is 0 Å². The van der Waals surface area contributed by atoms with Gasteiger partial charge in [-0.1, -0.05) is 42.6 Å². The lowest BCUT2D eigenvalue weighted by Gasteiger charge is -2.32. The van der Waals surface area contributed by atoms with Crippen molar-refractivity contribution in [3.05, 3.63) is 52.0 Å². The van der Waals surface area contributed by atoms with Crippen LogP contribution in [-0.4, -0.2) is 64.7 Å². The molecule has 0 bridgehead atoms. The Balaban J connectivity index is 2.48. The van der Waals surface area contributed by atoms with Crippen LogP contribution < -0.4 is 19.1 Å². The van der Waals surface area contributed by atoms with E-state index in [4.69, 9.17) is 32.7 Å². The van der Waals surface area contributed by atoms with Gasteiger partial charge in [-0.05, 0) is 37.6 Å². The fraction of sp³-hybridized carbons (Fsp3) is 0.440. The van der Waals surface area contributed by atoms with E-state index in [0.717, 1.165) is 23.4 Å². The third kappa shape index (κ3) is 8.15. The SMILES string of the molecule is CCCCNC(=O)C(C)N(Cc1c(Cl)cccc1Cl)C(=O)CN(c1ccc(OC)cc1OC)S(C)(=O)=O. The number of halogens is 2. The fourth-order valence-corrected chi connectivity index (χ4v) is 4.93. The van der Waals surface area contributed by atoms with Crippen LogP contribution in [0.3, 0.4) is 0 Å². The van der Waals surface area contributed by atoms with E-state index in [9.17, 15) is 18.0 Å². The van der Waals surface area contributed by atoms with Crippen molar-refractivity contribution >= 4 is 50.7 Å². The summed E-state index contributed by atoms with van der Waals surface area (Å²) in [5.74, 6) is -0.355. The second-order valence-corrected chi connectivity index (χ2v) is 11.1. The number of nitrogens with zero attached hydrogens (tertiary/aromatic N) is 2. The molecule has 204 valence electrons. The molecule has 0 spiro atoms. The number of rotatable bonds is 13. The van der Waals surface area contributed by atoms with Gasteiger partial charge >= 0.3 is 0 Å². The molecule has 0 heterocycles. The molecule has 0 aliphatic carbocycles. The van der Waals surface area contributed by atoms with Gasteiger partial charge in [-0.15, -0.1) is 0 Å². The van der Waals surface area contributed by atoms with Crippen molar-refractivity contribution in [1.29, 1.82) is 0 Å². The normalized spacial score (nSPS) is 12.0. The van der Waals surface area contributed by atoms with Crippen LogP contribution in [0.1, 0.15) is 32.3 Å². The van der Waals surface area contributed by atoms with Crippen LogP contribution >= 0.6 is 23.2 Å². The van der Waals surface area contributed by atoms with Crippen molar-refractivity contribution in [3.63, 3.8) is 0 Å². The Morgan fingerprint density at radius 2 is 1.73 bits per heavy atom. The van der Waals surface area contributed by atoms with Crippen LogP contribution in [0.15, 0.2) is 36.4 Å². The molecule has 0 saturated carbocycles. The number of hydrogen-bond acceptors (Lipinski definition) is 6. The summed E-state index contributed by atoms with van der Waals surface area (Å²) in [5, 5.41) is 3.46. The zero-order valence-corrected chi connectivity index (χ0v) is 23.9. The molecule has 0 saturated heterocycles. The number of amides is 2. The Kier molecular flexibility index (Phi) is 11.3. The zero-order valence-electron chi connectivity index (χ0n) is 21.6. The first-order valence-electron chi connectivity index (χ1n) is 11.6. The highest BCUT2D eigenvalue weighted by molar-refractivity contribution is 7.92. The van der Waals surface area contributed by atoms with E-state index in [1.807, 2.05) is 6.92 Å². The van der Waals surface area contributed by atoms with Crippen molar-refractivity contribution in [1.82, 2.24) is 10.2 Å². The topological polar surface area (TPSA) is 105 Å². The Bertz CT molecular complexity index is 1190. The summed E-state index contributed by atoms with van der Waals surface area (Å²) in [7, 11) is -1.09. The van der Waals surface area contributed by atoms with Crippen LogP contribution in [0.25, 0.3) is 0 Å². The van der Waals surface area contributed by atoms with Gasteiger partial charge in [0.05, 0.1) is 26.2 Å². The standard InChI is InChI=1S/C25H33Cl2N3O6S/c1-6-7-13-28-25(32)17(2)29(15-19-20(26)9-8-10-21(19)27)24(31)16-30(37(5,33)34)22-12-11-18(35-3)14-23(22)36-4/h8-12,14,17H,6-7,13,15-16H2,1-5H3,(H,28,32). The molecular formula is C25H33Cl2N3O6S. The summed E-state index contributed by atoms with van der Waals surface area (Å²) in [4.78, 5) is 27.9. The molecule has 0 radical (unpaired) electrons. The highest BCUT2D eigenvalue weighted by Gasteiger charge is 2.32. The number of carbonyl (C=O) groups is 2. The number of sulfonamides is 1. The van der Waals surface area contributed by atoms with Gasteiger partial charge < -0.3 is 19.7 Å². The molecule has 0 aromatic heterocycles. The third-order valence-electron chi connectivity index (χ3n) is 5.72. The van der Waals surface area contributed by atoms with E-state index < -0.39 is 28.5 Å². The Morgan fingerprint density at radius 1 is 1.08 bits per heavy atom. The molecule has 2 aromatic rings. The maximum atomic E-state index is 13.7. The lowest BCUT2D eigenvalue weighted by Crippen LogP contribution is -2.51. The molecule has 2 amide bonds. The summed E-state index contributed by atoms with van der Waals surface area (Å²) in [6.45, 7) is 3.33. The van der Waals surface area contributed by atoms with E-state index in [1.165, 1.54) is 31.3 Å². The van der Waals surface area contributed by atoms with E-state index in [2.05, 4.69) is 5.32 Å². The number of carbonyl (C=O) groups excluding carboxylic acids is 2. The van der Waals surface area contributed by atoms with Crippen LogP contribution in [0, 0.1) is 0 Å². The van der Waals surface area contributed by atoms with Crippen LogP contribution in [0.4, 0.5) is 5.69 Å². The third-order valence-corrected chi connectivity index (χ3v) is 7.56. The number of ether oxygens (including phenoxy) is 2. The van der Waals surface area contributed by atoms with E-state index in [-0.39, 0.29) is 23.9 Å². The van der Waals surface area contributed by atoms with Crippen molar-refractivity contribution in [2.45, 2.75) is 39.3 Å². The molecule has 2 rings (SSSR count). The molecule has 1 unspecified atom stereocenters. The van der Waals surface area contributed by atoms with Gasteiger partial charge in [-0.2, -0.15) is 0 Å². The quantitative estimate of drug-likeness (QED) is 0.361. The first-order chi connectivity index (χ1) is 17.4. The second-order valence-electron chi connectivity index (χ2n) is 8.35. The maximum Gasteiger partial charge on any atom is 0.244 e. The Hall–Kier alpha value is -2.69. The van der Waals surface area contributed by atoms with Gasteiger partial charge in [0.15, 0.2) is 0 Å². The number of hydrogen-bond donors (Lipinski definition) is 1. The van der Waals surface area contributed by atoms with Crippen LogP contribution in [-0.2, 0) is 26.2 Å². The molecule has 37 heavy (non-hydrogen) atoms. The Labute approximate surface area is 228 Å². The molecule has 1 atom stereocenters.